The second-order valence-electron chi connectivity index (χ2n) is 5.79. The van der Waals surface area contributed by atoms with Gasteiger partial charge in [0.25, 0.3) is 5.91 Å². The number of nitrogens with one attached hydrogen (secondary N) is 2. The Morgan fingerprint density at radius 1 is 1.19 bits per heavy atom. The van der Waals surface area contributed by atoms with Gasteiger partial charge in [-0.3, -0.25) is 9.59 Å². The molecule has 1 heterocycles. The van der Waals surface area contributed by atoms with Gasteiger partial charge in [0.15, 0.2) is 5.69 Å². The van der Waals surface area contributed by atoms with Gasteiger partial charge in [-0.2, -0.15) is 5.10 Å². The minimum Gasteiger partial charge on any atom is -0.342 e. The first kappa shape index (κ1) is 18.8. The highest BCUT2D eigenvalue weighted by molar-refractivity contribution is 9.10. The molecule has 0 saturated carbocycles. The number of amides is 2. The van der Waals surface area contributed by atoms with Crippen LogP contribution in [0.15, 0.2) is 59.2 Å². The first-order valence-electron chi connectivity index (χ1n) is 8.09. The van der Waals surface area contributed by atoms with Gasteiger partial charge in [0.2, 0.25) is 5.91 Å². The molecule has 0 aliphatic rings. The van der Waals surface area contributed by atoms with Gasteiger partial charge in [0, 0.05) is 16.4 Å². The van der Waals surface area contributed by atoms with Crippen molar-refractivity contribution in [1.82, 2.24) is 15.1 Å². The quantitative estimate of drug-likeness (QED) is 0.650. The van der Waals surface area contributed by atoms with E-state index < -0.39 is 11.7 Å². The molecule has 2 amide bonds. The van der Waals surface area contributed by atoms with E-state index in [1.54, 1.807) is 24.3 Å². The summed E-state index contributed by atoms with van der Waals surface area (Å²) in [5.41, 5.74) is 1.94. The van der Waals surface area contributed by atoms with Crippen LogP contribution in [0.5, 0.6) is 0 Å². The lowest BCUT2D eigenvalue weighted by Gasteiger charge is -2.08. The number of aryl methyl sites for hydroxylation is 1. The molecule has 0 atom stereocenters. The summed E-state index contributed by atoms with van der Waals surface area (Å²) >= 11 is 3.39. The van der Waals surface area contributed by atoms with Crippen LogP contribution in [0.4, 0.5) is 10.1 Å². The van der Waals surface area contributed by atoms with Crippen molar-refractivity contribution in [2.45, 2.75) is 6.92 Å². The molecule has 138 valence electrons. The number of nitrogens with zero attached hydrogens (tertiary/aromatic N) is 2. The summed E-state index contributed by atoms with van der Waals surface area (Å²) in [7, 11) is 0. The minimum atomic E-state index is -0.521. The fourth-order valence-corrected chi connectivity index (χ4v) is 2.64. The summed E-state index contributed by atoms with van der Waals surface area (Å²) in [6, 6.07) is 13.0. The third-order valence-electron chi connectivity index (χ3n) is 3.77. The average Bonchev–Trinajstić information content (AvgIpc) is 3.13. The van der Waals surface area contributed by atoms with E-state index in [4.69, 9.17) is 0 Å². The topological polar surface area (TPSA) is 76.0 Å². The number of hydrogen-bond acceptors (Lipinski definition) is 3. The van der Waals surface area contributed by atoms with Gasteiger partial charge in [-0.15, -0.1) is 0 Å². The Kier molecular flexibility index (Phi) is 5.66. The smallest absolute Gasteiger partial charge is 0.272 e. The Morgan fingerprint density at radius 3 is 2.70 bits per heavy atom. The first-order chi connectivity index (χ1) is 12.9. The van der Waals surface area contributed by atoms with Crippen LogP contribution < -0.4 is 10.6 Å². The highest BCUT2D eigenvalue weighted by Gasteiger charge is 2.13. The number of aromatic nitrogens is 2. The van der Waals surface area contributed by atoms with Crippen LogP contribution in [-0.2, 0) is 4.79 Å². The predicted molar refractivity (Wildman–Crippen MR) is 103 cm³/mol. The maximum absolute atomic E-state index is 13.8. The van der Waals surface area contributed by atoms with Gasteiger partial charge < -0.3 is 10.6 Å². The molecule has 27 heavy (non-hydrogen) atoms. The Bertz CT molecular complexity index is 1000. The fraction of sp³-hybridized carbons (Fsp3) is 0.105. The molecule has 8 heteroatoms. The van der Waals surface area contributed by atoms with Crippen molar-refractivity contribution in [3.05, 3.63) is 76.3 Å². The van der Waals surface area contributed by atoms with Gasteiger partial charge in [-0.25, -0.2) is 9.07 Å². The molecule has 3 rings (SSSR count). The first-order valence-corrected chi connectivity index (χ1v) is 8.88. The zero-order chi connectivity index (χ0) is 19.4. The highest BCUT2D eigenvalue weighted by Crippen LogP contribution is 2.19. The van der Waals surface area contributed by atoms with E-state index in [0.717, 1.165) is 10.0 Å². The van der Waals surface area contributed by atoms with Crippen molar-refractivity contribution in [2.75, 3.05) is 11.9 Å². The van der Waals surface area contributed by atoms with E-state index in [2.05, 4.69) is 31.7 Å². The van der Waals surface area contributed by atoms with Crippen LogP contribution in [0.1, 0.15) is 16.1 Å². The summed E-state index contributed by atoms with van der Waals surface area (Å²) < 4.78 is 16.0. The van der Waals surface area contributed by atoms with Crippen LogP contribution in [0.3, 0.4) is 0 Å². The molecular formula is C19H16BrFN4O2. The summed E-state index contributed by atoms with van der Waals surface area (Å²) in [6.07, 6.45) is 1.48. The fourth-order valence-electron chi connectivity index (χ4n) is 2.40. The van der Waals surface area contributed by atoms with Crippen LogP contribution >= 0.6 is 15.9 Å². The van der Waals surface area contributed by atoms with E-state index in [9.17, 15) is 14.0 Å². The number of para-hydroxylation sites is 1. The normalized spacial score (nSPS) is 10.5. The van der Waals surface area contributed by atoms with E-state index in [1.165, 1.54) is 23.0 Å². The van der Waals surface area contributed by atoms with E-state index in [0.29, 0.717) is 5.69 Å². The molecular weight excluding hydrogens is 415 g/mol. The Hall–Kier alpha value is -3.00. The lowest BCUT2D eigenvalue weighted by atomic mass is 10.2. The lowest BCUT2D eigenvalue weighted by Crippen LogP contribution is -2.33. The highest BCUT2D eigenvalue weighted by atomic mass is 79.9. The van der Waals surface area contributed by atoms with Crippen molar-refractivity contribution in [3.8, 4) is 5.69 Å². The van der Waals surface area contributed by atoms with Crippen molar-refractivity contribution >= 4 is 33.4 Å². The molecule has 0 radical (unpaired) electrons. The third kappa shape index (κ3) is 4.59. The standard InChI is InChI=1S/C19H16BrFN4O2/c1-12-10-13(6-7-14(12)20)23-18(26)11-22-19(27)16-8-9-25(24-16)17-5-3-2-4-15(17)21/h2-10H,11H2,1H3,(H,22,27)(H,23,26). The zero-order valence-electron chi connectivity index (χ0n) is 14.4. The number of carbonyl (C=O) groups excluding carboxylic acids is 2. The second kappa shape index (κ2) is 8.13. The number of hydrogen-bond donors (Lipinski definition) is 2. The monoisotopic (exact) mass is 430 g/mol. The molecule has 0 unspecified atom stereocenters. The molecule has 2 N–H and O–H groups in total. The number of rotatable bonds is 5. The van der Waals surface area contributed by atoms with Gasteiger partial charge in [0.1, 0.15) is 11.5 Å². The van der Waals surface area contributed by atoms with Crippen molar-refractivity contribution in [1.29, 1.82) is 0 Å². The predicted octanol–water partition coefficient (Wildman–Crippen LogP) is 3.45. The second-order valence-corrected chi connectivity index (χ2v) is 6.65. The summed E-state index contributed by atoms with van der Waals surface area (Å²) in [5.74, 6) is -1.33. The Labute approximate surface area is 163 Å². The average molecular weight is 431 g/mol. The molecule has 0 aliphatic heterocycles. The van der Waals surface area contributed by atoms with Gasteiger partial charge in [0.05, 0.1) is 6.54 Å². The summed E-state index contributed by atoms with van der Waals surface area (Å²) in [4.78, 5) is 24.2. The molecule has 2 aromatic carbocycles. The summed E-state index contributed by atoms with van der Waals surface area (Å²) in [5, 5.41) is 9.25. The minimum absolute atomic E-state index is 0.0885. The molecule has 0 aliphatic carbocycles. The van der Waals surface area contributed by atoms with Crippen LogP contribution in [0.2, 0.25) is 0 Å². The third-order valence-corrected chi connectivity index (χ3v) is 4.66. The summed E-state index contributed by atoms with van der Waals surface area (Å²) in [6.45, 7) is 1.70. The van der Waals surface area contributed by atoms with Crippen LogP contribution in [0.25, 0.3) is 5.69 Å². The Balaban J connectivity index is 1.58. The number of anilines is 1. The molecule has 6 nitrogen and oxygen atoms in total. The van der Waals surface area contributed by atoms with Crippen molar-refractivity contribution in [3.63, 3.8) is 0 Å². The number of carbonyl (C=O) groups is 2. The van der Waals surface area contributed by atoms with E-state index in [1.807, 2.05) is 19.1 Å². The van der Waals surface area contributed by atoms with Crippen molar-refractivity contribution < 1.29 is 14.0 Å². The number of benzene rings is 2. The number of halogens is 2. The SMILES string of the molecule is Cc1cc(NC(=O)CNC(=O)c2ccn(-c3ccccc3F)n2)ccc1Br. The van der Waals surface area contributed by atoms with E-state index in [-0.39, 0.29) is 23.8 Å². The molecule has 0 spiro atoms. The molecule has 1 aromatic heterocycles. The van der Waals surface area contributed by atoms with Crippen LogP contribution in [0, 0.1) is 12.7 Å². The van der Waals surface area contributed by atoms with E-state index >= 15 is 0 Å². The zero-order valence-corrected chi connectivity index (χ0v) is 16.0. The maximum atomic E-state index is 13.8. The van der Waals surface area contributed by atoms with Crippen molar-refractivity contribution in [2.24, 2.45) is 0 Å². The molecule has 0 bridgehead atoms. The van der Waals surface area contributed by atoms with Gasteiger partial charge >= 0.3 is 0 Å². The van der Waals surface area contributed by atoms with Gasteiger partial charge in [-0.05, 0) is 48.9 Å². The molecule has 0 fully saturated rings. The molecule has 3 aromatic rings. The lowest BCUT2D eigenvalue weighted by molar-refractivity contribution is -0.115. The largest absolute Gasteiger partial charge is 0.342 e. The van der Waals surface area contributed by atoms with Crippen LogP contribution in [-0.4, -0.2) is 28.1 Å². The van der Waals surface area contributed by atoms with Gasteiger partial charge in [-0.1, -0.05) is 28.1 Å². The Morgan fingerprint density at radius 2 is 1.96 bits per heavy atom. The maximum Gasteiger partial charge on any atom is 0.272 e. The molecule has 0 saturated heterocycles.